The summed E-state index contributed by atoms with van der Waals surface area (Å²) in [6, 6.07) is 0. The smallest absolute Gasteiger partial charge is 0.404 e. The van der Waals surface area contributed by atoms with Crippen LogP contribution in [0.15, 0.2) is 0 Å². The van der Waals surface area contributed by atoms with Crippen LogP contribution in [0.2, 0.25) is 6.22 Å². The molecule has 0 N–H and O–H groups in total. The lowest BCUT2D eigenvalue weighted by molar-refractivity contribution is -0.0575. The van der Waals surface area contributed by atoms with Gasteiger partial charge in [0.15, 0.2) is 0 Å². The molecule has 4 bridgehead atoms. The SMILES string of the molecule is CC1(C)OB2CB3OC(C)(C)C(C)(CCC1(C)O2)O3. The van der Waals surface area contributed by atoms with Crippen LogP contribution in [0.3, 0.4) is 0 Å². The standard InChI is InChI=1S/C13H24B2O4/c1-10(2)12(5)7-8-13(6)11(3,4)17-15(19-13)9-14(16-10)18-12/h7-9H2,1-6H3. The zero-order valence-corrected chi connectivity index (χ0v) is 12.9. The molecule has 19 heavy (non-hydrogen) atoms. The maximum absolute atomic E-state index is 6.17. The summed E-state index contributed by atoms with van der Waals surface area (Å²) in [5.74, 6) is 0. The minimum Gasteiger partial charge on any atom is -0.404 e. The minimum atomic E-state index is -0.269. The summed E-state index contributed by atoms with van der Waals surface area (Å²) in [5.41, 5.74) is -1.06. The Labute approximate surface area is 116 Å². The van der Waals surface area contributed by atoms with Crippen molar-refractivity contribution in [1.82, 2.24) is 0 Å². The topological polar surface area (TPSA) is 36.9 Å². The Balaban J connectivity index is 1.93. The molecular formula is C13H24B2O4. The summed E-state index contributed by atoms with van der Waals surface area (Å²) in [4.78, 5) is 0. The zero-order chi connectivity index (χ0) is 14.1. The van der Waals surface area contributed by atoms with E-state index in [-0.39, 0.29) is 36.6 Å². The molecule has 3 aliphatic heterocycles. The average molecular weight is 266 g/mol. The molecule has 0 aromatic carbocycles. The van der Waals surface area contributed by atoms with Crippen LogP contribution in [-0.4, -0.2) is 36.6 Å². The molecule has 3 rings (SSSR count). The van der Waals surface area contributed by atoms with Gasteiger partial charge >= 0.3 is 14.2 Å². The summed E-state index contributed by atoms with van der Waals surface area (Å²) >= 11 is 0. The molecule has 0 aliphatic carbocycles. The maximum Gasteiger partial charge on any atom is 0.455 e. The third-order valence-electron chi connectivity index (χ3n) is 5.65. The first kappa shape index (κ1) is 13.9. The van der Waals surface area contributed by atoms with E-state index >= 15 is 0 Å². The largest absolute Gasteiger partial charge is 0.455 e. The molecule has 0 saturated carbocycles. The Morgan fingerprint density at radius 2 is 1.00 bits per heavy atom. The van der Waals surface area contributed by atoms with Crippen LogP contribution >= 0.6 is 0 Å². The first-order valence-corrected chi connectivity index (χ1v) is 7.28. The Morgan fingerprint density at radius 3 is 1.37 bits per heavy atom. The third-order valence-corrected chi connectivity index (χ3v) is 5.65. The normalized spacial score (nSPS) is 43.9. The summed E-state index contributed by atoms with van der Waals surface area (Å²) in [5, 5.41) is 0. The van der Waals surface area contributed by atoms with E-state index in [4.69, 9.17) is 18.6 Å². The van der Waals surface area contributed by atoms with Gasteiger partial charge in [-0.05, 0) is 54.4 Å². The van der Waals surface area contributed by atoms with Crippen LogP contribution in [0.1, 0.15) is 54.4 Å². The second-order valence-corrected chi connectivity index (χ2v) is 7.55. The van der Waals surface area contributed by atoms with Crippen molar-refractivity contribution in [2.45, 2.75) is 83.0 Å². The molecule has 0 amide bonds. The summed E-state index contributed by atoms with van der Waals surface area (Å²) < 4.78 is 24.5. The van der Waals surface area contributed by atoms with Gasteiger partial charge in [0.05, 0.1) is 22.4 Å². The monoisotopic (exact) mass is 266 g/mol. The summed E-state index contributed by atoms with van der Waals surface area (Å²) in [6.07, 6.45) is 2.46. The number of hydrogen-bond donors (Lipinski definition) is 0. The lowest BCUT2D eigenvalue weighted by Gasteiger charge is -2.42. The summed E-state index contributed by atoms with van der Waals surface area (Å²) in [7, 11) is -0.470. The molecule has 0 radical (unpaired) electrons. The molecule has 3 heterocycles. The van der Waals surface area contributed by atoms with Crippen LogP contribution in [0, 0.1) is 0 Å². The van der Waals surface area contributed by atoms with Crippen molar-refractivity contribution >= 4 is 14.2 Å². The van der Waals surface area contributed by atoms with Crippen LogP contribution in [-0.2, 0) is 18.6 Å². The molecule has 0 spiro atoms. The van der Waals surface area contributed by atoms with E-state index in [0.717, 1.165) is 12.8 Å². The zero-order valence-electron chi connectivity index (χ0n) is 12.9. The number of fused-ring (bicyclic) bond motifs is 4. The van der Waals surface area contributed by atoms with Crippen LogP contribution in [0.5, 0.6) is 0 Å². The van der Waals surface area contributed by atoms with E-state index in [1.54, 1.807) is 0 Å². The fourth-order valence-corrected chi connectivity index (χ4v) is 3.37. The quantitative estimate of drug-likeness (QED) is 0.631. The van der Waals surface area contributed by atoms with Gasteiger partial charge < -0.3 is 18.6 Å². The van der Waals surface area contributed by atoms with Crippen molar-refractivity contribution in [2.75, 3.05) is 0 Å². The Morgan fingerprint density at radius 1 is 0.632 bits per heavy atom. The highest BCUT2D eigenvalue weighted by Crippen LogP contribution is 2.49. The van der Waals surface area contributed by atoms with Crippen LogP contribution < -0.4 is 0 Å². The van der Waals surface area contributed by atoms with Gasteiger partial charge in [-0.3, -0.25) is 0 Å². The first-order chi connectivity index (χ1) is 8.57. The fourth-order valence-electron chi connectivity index (χ4n) is 3.37. The van der Waals surface area contributed by atoms with E-state index in [1.165, 1.54) is 0 Å². The first-order valence-electron chi connectivity index (χ1n) is 7.28. The second kappa shape index (κ2) is 3.79. The van der Waals surface area contributed by atoms with E-state index in [1.807, 2.05) is 0 Å². The van der Waals surface area contributed by atoms with E-state index < -0.39 is 0 Å². The highest BCUT2D eigenvalue weighted by atomic mass is 16.7. The van der Waals surface area contributed by atoms with Crippen LogP contribution in [0.4, 0.5) is 0 Å². The predicted octanol–water partition coefficient (Wildman–Crippen LogP) is 2.46. The van der Waals surface area contributed by atoms with Gasteiger partial charge in [-0.2, -0.15) is 0 Å². The molecule has 0 aromatic rings. The molecule has 3 aliphatic rings. The van der Waals surface area contributed by atoms with Gasteiger partial charge in [-0.1, -0.05) is 0 Å². The van der Waals surface area contributed by atoms with Crippen molar-refractivity contribution < 1.29 is 18.6 Å². The highest BCUT2D eigenvalue weighted by Gasteiger charge is 2.62. The molecule has 4 nitrogen and oxygen atoms in total. The molecule has 3 saturated heterocycles. The molecule has 0 aromatic heterocycles. The Bertz CT molecular complexity index is 364. The minimum absolute atomic E-state index is 0.235. The lowest BCUT2D eigenvalue weighted by Crippen LogP contribution is -2.50. The van der Waals surface area contributed by atoms with Gasteiger partial charge in [-0.15, -0.1) is 0 Å². The average Bonchev–Trinajstić information content (AvgIpc) is 2.58. The van der Waals surface area contributed by atoms with E-state index in [0.29, 0.717) is 6.22 Å². The molecule has 2 unspecified atom stereocenters. The summed E-state index contributed by atoms with van der Waals surface area (Å²) in [6.45, 7) is 12.8. The second-order valence-electron chi connectivity index (χ2n) is 7.55. The molecule has 106 valence electrons. The molecule has 3 fully saturated rings. The Kier molecular flexibility index (Phi) is 2.78. The highest BCUT2D eigenvalue weighted by molar-refractivity contribution is 6.65. The predicted molar refractivity (Wildman–Crippen MR) is 74.9 cm³/mol. The lowest BCUT2D eigenvalue weighted by atomic mass is 9.64. The van der Waals surface area contributed by atoms with Crippen molar-refractivity contribution in [3.05, 3.63) is 0 Å². The van der Waals surface area contributed by atoms with Crippen LogP contribution in [0.25, 0.3) is 0 Å². The van der Waals surface area contributed by atoms with Crippen molar-refractivity contribution in [1.29, 1.82) is 0 Å². The van der Waals surface area contributed by atoms with Gasteiger partial charge in [-0.25, -0.2) is 0 Å². The van der Waals surface area contributed by atoms with E-state index in [2.05, 4.69) is 41.5 Å². The number of rotatable bonds is 0. The van der Waals surface area contributed by atoms with Crippen molar-refractivity contribution in [2.24, 2.45) is 0 Å². The Hall–Kier alpha value is -0.0301. The van der Waals surface area contributed by atoms with Gasteiger partial charge in [0.1, 0.15) is 0 Å². The van der Waals surface area contributed by atoms with Gasteiger partial charge in [0, 0.05) is 6.22 Å². The van der Waals surface area contributed by atoms with E-state index in [9.17, 15) is 0 Å². The molecule has 6 heteroatoms. The van der Waals surface area contributed by atoms with Crippen molar-refractivity contribution in [3.8, 4) is 0 Å². The molecule has 2 atom stereocenters. The van der Waals surface area contributed by atoms with Gasteiger partial charge in [0.25, 0.3) is 0 Å². The number of hydrogen-bond acceptors (Lipinski definition) is 4. The fraction of sp³-hybridized carbons (Fsp3) is 1.00. The van der Waals surface area contributed by atoms with Gasteiger partial charge in [0.2, 0.25) is 0 Å². The molecular weight excluding hydrogens is 242 g/mol. The maximum atomic E-state index is 6.17. The van der Waals surface area contributed by atoms with Crippen molar-refractivity contribution in [3.63, 3.8) is 0 Å². The third kappa shape index (κ3) is 1.91.